The third-order valence-electron chi connectivity index (χ3n) is 1.48. The fourth-order valence-corrected chi connectivity index (χ4v) is 1.58. The van der Waals surface area contributed by atoms with Crippen molar-refractivity contribution in [1.29, 1.82) is 0 Å². The summed E-state index contributed by atoms with van der Waals surface area (Å²) in [4.78, 5) is 11.4. The highest BCUT2D eigenvalue weighted by Gasteiger charge is 2.33. The van der Waals surface area contributed by atoms with Gasteiger partial charge in [0.2, 0.25) is 5.91 Å². The first-order valence-corrected chi connectivity index (χ1v) is 6.24. The number of carbonyl (C=O) groups excluding carboxylic acids is 1. The van der Waals surface area contributed by atoms with Crippen molar-refractivity contribution >= 4 is 15.7 Å². The zero-order valence-corrected chi connectivity index (χ0v) is 9.31. The molecule has 5 nitrogen and oxygen atoms in total. The monoisotopic (exact) mass is 263 g/mol. The zero-order chi connectivity index (χ0) is 13.0. The van der Waals surface area contributed by atoms with Gasteiger partial charge in [-0.1, -0.05) is 0 Å². The fourth-order valence-electron chi connectivity index (χ4n) is 0.945. The molecule has 0 aliphatic rings. The topological polar surface area (TPSA) is 74.7 Å². The van der Waals surface area contributed by atoms with E-state index in [1.54, 1.807) is 0 Å². The lowest BCUT2D eigenvalue weighted by atomic mass is 10.4. The third kappa shape index (κ3) is 7.46. The maximum Gasteiger partial charge on any atom is 0.406 e. The number of aliphatic hydroxyl groups excluding tert-OH is 1. The summed E-state index contributed by atoms with van der Waals surface area (Å²) in [6.07, 6.45) is -3.88. The standard InChI is InChI=1S/C7H12F3NO4S/c1-16(14,15)4-6(13)11(2-3-12)5-7(8,9)10/h12H,2-5H2,1H3. The summed E-state index contributed by atoms with van der Waals surface area (Å²) < 4.78 is 57.4. The minimum atomic E-state index is -4.62. The number of nitrogens with zero attached hydrogens (tertiary/aromatic N) is 1. The van der Waals surface area contributed by atoms with Crippen LogP contribution in [0, 0.1) is 0 Å². The zero-order valence-electron chi connectivity index (χ0n) is 8.49. The summed E-state index contributed by atoms with van der Waals surface area (Å²) in [5, 5.41) is 8.47. The quantitative estimate of drug-likeness (QED) is 0.719. The molecule has 0 aliphatic heterocycles. The lowest BCUT2D eigenvalue weighted by molar-refractivity contribution is -0.160. The van der Waals surface area contributed by atoms with Crippen LogP contribution in [0.15, 0.2) is 0 Å². The van der Waals surface area contributed by atoms with E-state index in [0.29, 0.717) is 0 Å². The Morgan fingerprint density at radius 2 is 1.88 bits per heavy atom. The molecule has 0 saturated heterocycles. The molecule has 16 heavy (non-hydrogen) atoms. The largest absolute Gasteiger partial charge is 0.406 e. The maximum absolute atomic E-state index is 12.0. The second kappa shape index (κ2) is 5.48. The van der Waals surface area contributed by atoms with Gasteiger partial charge in [0, 0.05) is 12.8 Å². The molecular formula is C7H12F3NO4S. The Morgan fingerprint density at radius 3 is 2.19 bits per heavy atom. The van der Waals surface area contributed by atoms with Gasteiger partial charge >= 0.3 is 6.18 Å². The van der Waals surface area contributed by atoms with Gasteiger partial charge in [-0.15, -0.1) is 0 Å². The lowest BCUT2D eigenvalue weighted by Gasteiger charge is -2.22. The first kappa shape index (κ1) is 15.2. The van der Waals surface area contributed by atoms with Crippen LogP contribution in [0.1, 0.15) is 0 Å². The second-order valence-corrected chi connectivity index (χ2v) is 5.36. The molecular weight excluding hydrogens is 251 g/mol. The van der Waals surface area contributed by atoms with Crippen molar-refractivity contribution in [3.8, 4) is 0 Å². The van der Waals surface area contributed by atoms with E-state index in [1.165, 1.54) is 0 Å². The Hall–Kier alpha value is -0.830. The summed E-state index contributed by atoms with van der Waals surface area (Å²) in [6, 6.07) is 0. The molecule has 0 unspecified atom stereocenters. The molecule has 96 valence electrons. The molecule has 0 aromatic rings. The lowest BCUT2D eigenvalue weighted by Crippen LogP contribution is -2.43. The van der Waals surface area contributed by atoms with E-state index >= 15 is 0 Å². The number of amides is 1. The number of sulfone groups is 1. The van der Waals surface area contributed by atoms with E-state index in [0.717, 1.165) is 6.26 Å². The minimum absolute atomic E-state index is 0.265. The maximum atomic E-state index is 12.0. The van der Waals surface area contributed by atoms with Gasteiger partial charge in [-0.25, -0.2) is 8.42 Å². The molecule has 1 amide bonds. The van der Waals surface area contributed by atoms with E-state index in [4.69, 9.17) is 5.11 Å². The number of halogens is 3. The molecule has 0 atom stereocenters. The third-order valence-corrected chi connectivity index (χ3v) is 2.25. The molecule has 0 aromatic heterocycles. The summed E-state index contributed by atoms with van der Waals surface area (Å²) in [7, 11) is -3.68. The molecule has 9 heteroatoms. The Balaban J connectivity index is 4.60. The molecule has 0 rings (SSSR count). The molecule has 0 saturated carbocycles. The van der Waals surface area contributed by atoms with E-state index in [2.05, 4.69) is 0 Å². The Bertz CT molecular complexity index is 338. The highest BCUT2D eigenvalue weighted by atomic mass is 32.2. The number of hydrogen-bond donors (Lipinski definition) is 1. The van der Waals surface area contributed by atoms with Gasteiger partial charge in [-0.05, 0) is 0 Å². The number of aliphatic hydroxyl groups is 1. The fraction of sp³-hybridized carbons (Fsp3) is 0.857. The average molecular weight is 263 g/mol. The Morgan fingerprint density at radius 1 is 1.38 bits per heavy atom. The van der Waals surface area contributed by atoms with Crippen molar-refractivity contribution in [2.24, 2.45) is 0 Å². The van der Waals surface area contributed by atoms with Gasteiger partial charge in [-0.3, -0.25) is 4.79 Å². The first-order valence-electron chi connectivity index (χ1n) is 4.18. The number of hydrogen-bond acceptors (Lipinski definition) is 4. The molecule has 0 spiro atoms. The van der Waals surface area contributed by atoms with Gasteiger partial charge in [-0.2, -0.15) is 13.2 Å². The summed E-state index contributed by atoms with van der Waals surface area (Å²) in [6.45, 7) is -2.78. The van der Waals surface area contributed by atoms with E-state index < -0.39 is 47.4 Å². The Labute approximate surface area is 90.8 Å². The number of alkyl halides is 3. The second-order valence-electron chi connectivity index (χ2n) is 3.22. The van der Waals surface area contributed by atoms with E-state index in [1.807, 2.05) is 0 Å². The van der Waals surface area contributed by atoms with Crippen LogP contribution < -0.4 is 0 Å². The van der Waals surface area contributed by atoms with Crippen LogP contribution in [0.5, 0.6) is 0 Å². The van der Waals surface area contributed by atoms with Crippen LogP contribution >= 0.6 is 0 Å². The van der Waals surface area contributed by atoms with Crippen molar-refractivity contribution in [3.05, 3.63) is 0 Å². The number of carbonyl (C=O) groups is 1. The SMILES string of the molecule is CS(=O)(=O)CC(=O)N(CCO)CC(F)(F)F. The van der Waals surface area contributed by atoms with Crippen molar-refractivity contribution < 1.29 is 31.5 Å². The molecule has 0 bridgehead atoms. The highest BCUT2D eigenvalue weighted by Crippen LogP contribution is 2.16. The predicted octanol–water partition coefficient (Wildman–Crippen LogP) is -0.586. The average Bonchev–Trinajstić information content (AvgIpc) is 1.97. The van der Waals surface area contributed by atoms with Crippen molar-refractivity contribution in [2.75, 3.05) is 31.7 Å². The molecule has 0 radical (unpaired) electrons. The van der Waals surface area contributed by atoms with Gasteiger partial charge < -0.3 is 10.0 Å². The van der Waals surface area contributed by atoms with E-state index in [9.17, 15) is 26.4 Å². The van der Waals surface area contributed by atoms with Gasteiger partial charge in [0.1, 0.15) is 12.3 Å². The van der Waals surface area contributed by atoms with Crippen molar-refractivity contribution in [1.82, 2.24) is 4.90 Å². The summed E-state index contributed by atoms with van der Waals surface area (Å²) in [5.41, 5.74) is 0. The molecule has 0 heterocycles. The first-order chi connectivity index (χ1) is 7.05. The van der Waals surface area contributed by atoms with Gasteiger partial charge in [0.05, 0.1) is 6.61 Å². The van der Waals surface area contributed by atoms with Crippen LogP contribution in [-0.4, -0.2) is 62.2 Å². The minimum Gasteiger partial charge on any atom is -0.395 e. The van der Waals surface area contributed by atoms with E-state index in [-0.39, 0.29) is 4.90 Å². The summed E-state index contributed by atoms with van der Waals surface area (Å²) >= 11 is 0. The van der Waals surface area contributed by atoms with Crippen LogP contribution in [0.25, 0.3) is 0 Å². The highest BCUT2D eigenvalue weighted by molar-refractivity contribution is 7.91. The van der Waals surface area contributed by atoms with Crippen LogP contribution in [0.3, 0.4) is 0 Å². The van der Waals surface area contributed by atoms with Crippen molar-refractivity contribution in [3.63, 3.8) is 0 Å². The van der Waals surface area contributed by atoms with Crippen LogP contribution in [-0.2, 0) is 14.6 Å². The molecule has 0 aliphatic carbocycles. The van der Waals surface area contributed by atoms with Crippen molar-refractivity contribution in [2.45, 2.75) is 6.18 Å². The molecule has 0 aromatic carbocycles. The molecule has 1 N–H and O–H groups in total. The summed E-state index contributed by atoms with van der Waals surface area (Å²) in [5.74, 6) is -2.17. The van der Waals surface area contributed by atoms with Crippen LogP contribution in [0.4, 0.5) is 13.2 Å². The van der Waals surface area contributed by atoms with Crippen LogP contribution in [0.2, 0.25) is 0 Å². The van der Waals surface area contributed by atoms with Gasteiger partial charge in [0.25, 0.3) is 0 Å². The predicted molar refractivity (Wildman–Crippen MR) is 49.4 cm³/mol. The normalized spacial score (nSPS) is 12.6. The Kier molecular flexibility index (Phi) is 5.20. The smallest absolute Gasteiger partial charge is 0.395 e. The molecule has 0 fully saturated rings. The van der Waals surface area contributed by atoms with Gasteiger partial charge in [0.15, 0.2) is 9.84 Å². The number of rotatable bonds is 5.